The molecule has 116 valence electrons. The van der Waals surface area contributed by atoms with Gasteiger partial charge in [0.1, 0.15) is 0 Å². The van der Waals surface area contributed by atoms with Crippen LogP contribution in [0, 0.1) is 6.92 Å². The highest BCUT2D eigenvalue weighted by molar-refractivity contribution is 7.92. The van der Waals surface area contributed by atoms with E-state index in [1.165, 1.54) is 9.71 Å². The lowest BCUT2D eigenvalue weighted by atomic mass is 10.2. The number of aryl methyl sites for hydroxylation is 1. The smallest absolute Gasteiger partial charge is 0.235 e. The molecule has 1 aromatic heterocycles. The van der Waals surface area contributed by atoms with Crippen LogP contribution < -0.4 is 0 Å². The molecule has 0 radical (unpaired) electrons. The number of nitrogens with zero attached hydrogens (tertiary/aromatic N) is 2. The van der Waals surface area contributed by atoms with Crippen LogP contribution in [0.2, 0.25) is 0 Å². The lowest BCUT2D eigenvalue weighted by molar-refractivity contribution is 0.481. The Bertz CT molecular complexity index is 723. The fourth-order valence-electron chi connectivity index (χ4n) is 1.91. The maximum atomic E-state index is 12.2. The van der Waals surface area contributed by atoms with E-state index in [9.17, 15) is 8.42 Å². The fraction of sp³-hybridized carbons (Fsp3) is 0.235. The van der Waals surface area contributed by atoms with Crippen molar-refractivity contribution in [3.63, 3.8) is 0 Å². The maximum absolute atomic E-state index is 12.2. The van der Waals surface area contributed by atoms with E-state index < -0.39 is 10.0 Å². The first-order chi connectivity index (χ1) is 10.5. The number of hydrogen-bond donors (Lipinski definition) is 0. The molecule has 0 saturated carbocycles. The Labute approximate surface area is 132 Å². The van der Waals surface area contributed by atoms with Crippen molar-refractivity contribution in [3.8, 4) is 0 Å². The Morgan fingerprint density at radius 1 is 1.09 bits per heavy atom. The molecule has 0 amide bonds. The van der Waals surface area contributed by atoms with Gasteiger partial charge in [-0.25, -0.2) is 12.7 Å². The Balaban J connectivity index is 1.98. The number of rotatable bonds is 6. The van der Waals surface area contributed by atoms with Crippen LogP contribution in [-0.2, 0) is 16.4 Å². The summed E-state index contributed by atoms with van der Waals surface area (Å²) in [6.45, 7) is 2.43. The van der Waals surface area contributed by atoms with Crippen LogP contribution in [0.25, 0.3) is 6.08 Å². The standard InChI is InChI=1S/C17H20N2O2S/c1-15-3-5-16(6-4-15)10-14-22(20,21)19(2)13-9-17-7-11-18-12-8-17/h3-8,10-12,14H,9,13H2,1-2H3. The third-order valence-electron chi connectivity index (χ3n) is 3.41. The molecule has 0 spiro atoms. The minimum atomic E-state index is -3.40. The zero-order valence-electron chi connectivity index (χ0n) is 12.8. The first kappa shape index (κ1) is 16.4. The van der Waals surface area contributed by atoms with E-state index in [0.29, 0.717) is 13.0 Å². The lowest BCUT2D eigenvalue weighted by Crippen LogP contribution is -2.27. The Kier molecular flexibility index (Phi) is 5.46. The molecular formula is C17H20N2O2S. The second kappa shape index (κ2) is 7.33. The molecule has 0 atom stereocenters. The van der Waals surface area contributed by atoms with Crippen LogP contribution in [0.1, 0.15) is 16.7 Å². The molecule has 1 heterocycles. The summed E-state index contributed by atoms with van der Waals surface area (Å²) in [5.41, 5.74) is 3.09. The highest BCUT2D eigenvalue weighted by Gasteiger charge is 2.13. The second-order valence-corrected chi connectivity index (χ2v) is 7.11. The Morgan fingerprint density at radius 3 is 2.36 bits per heavy atom. The molecule has 0 aliphatic carbocycles. The molecule has 2 aromatic rings. The molecule has 0 bridgehead atoms. The first-order valence-electron chi connectivity index (χ1n) is 7.07. The lowest BCUT2D eigenvalue weighted by Gasteiger charge is -2.14. The van der Waals surface area contributed by atoms with Crippen molar-refractivity contribution in [2.24, 2.45) is 0 Å². The third kappa shape index (κ3) is 4.79. The minimum absolute atomic E-state index is 0.435. The van der Waals surface area contributed by atoms with Crippen molar-refractivity contribution in [3.05, 3.63) is 70.9 Å². The van der Waals surface area contributed by atoms with Gasteiger partial charge in [-0.2, -0.15) is 0 Å². The van der Waals surface area contributed by atoms with E-state index in [1.807, 2.05) is 43.3 Å². The molecule has 22 heavy (non-hydrogen) atoms. The number of benzene rings is 1. The maximum Gasteiger partial charge on any atom is 0.235 e. The largest absolute Gasteiger partial charge is 0.265 e. The number of aromatic nitrogens is 1. The molecule has 0 aliphatic heterocycles. The topological polar surface area (TPSA) is 50.3 Å². The summed E-state index contributed by atoms with van der Waals surface area (Å²) in [5.74, 6) is 0. The zero-order chi connectivity index (χ0) is 16.0. The van der Waals surface area contributed by atoms with E-state index >= 15 is 0 Å². The number of likely N-dealkylation sites (N-methyl/N-ethyl adjacent to an activating group) is 1. The van der Waals surface area contributed by atoms with Crippen LogP contribution in [0.3, 0.4) is 0 Å². The third-order valence-corrected chi connectivity index (χ3v) is 4.94. The molecule has 4 nitrogen and oxygen atoms in total. The highest BCUT2D eigenvalue weighted by Crippen LogP contribution is 2.09. The van der Waals surface area contributed by atoms with Crippen molar-refractivity contribution in [2.75, 3.05) is 13.6 Å². The van der Waals surface area contributed by atoms with Crippen LogP contribution >= 0.6 is 0 Å². The van der Waals surface area contributed by atoms with Gasteiger partial charge in [0.25, 0.3) is 0 Å². The van der Waals surface area contributed by atoms with Crippen molar-refractivity contribution < 1.29 is 8.42 Å². The normalized spacial score (nSPS) is 12.1. The molecule has 0 saturated heterocycles. The molecule has 1 aromatic carbocycles. The van der Waals surface area contributed by atoms with E-state index in [2.05, 4.69) is 4.98 Å². The summed E-state index contributed by atoms with van der Waals surface area (Å²) < 4.78 is 25.8. The summed E-state index contributed by atoms with van der Waals surface area (Å²) in [7, 11) is -1.81. The van der Waals surface area contributed by atoms with Gasteiger partial charge in [0.2, 0.25) is 10.0 Å². The molecule has 0 aliphatic rings. The van der Waals surface area contributed by atoms with Gasteiger partial charge in [0.05, 0.1) is 0 Å². The molecule has 0 N–H and O–H groups in total. The molecule has 0 unspecified atom stereocenters. The summed E-state index contributed by atoms with van der Waals surface area (Å²) >= 11 is 0. The SMILES string of the molecule is Cc1ccc(C=CS(=O)(=O)N(C)CCc2ccncc2)cc1. The van der Waals surface area contributed by atoms with Gasteiger partial charge in [-0.05, 0) is 42.7 Å². The van der Waals surface area contributed by atoms with Crippen LogP contribution in [0.15, 0.2) is 54.2 Å². The van der Waals surface area contributed by atoms with Crippen molar-refractivity contribution in [1.82, 2.24) is 9.29 Å². The van der Waals surface area contributed by atoms with Crippen molar-refractivity contribution in [1.29, 1.82) is 0 Å². The van der Waals surface area contributed by atoms with E-state index in [0.717, 1.165) is 16.7 Å². The molecule has 0 fully saturated rings. The van der Waals surface area contributed by atoms with Crippen LogP contribution in [0.4, 0.5) is 0 Å². The van der Waals surface area contributed by atoms with E-state index in [4.69, 9.17) is 0 Å². The quantitative estimate of drug-likeness (QED) is 0.823. The Morgan fingerprint density at radius 2 is 1.73 bits per heavy atom. The van der Waals surface area contributed by atoms with Gasteiger partial charge < -0.3 is 0 Å². The van der Waals surface area contributed by atoms with Crippen molar-refractivity contribution in [2.45, 2.75) is 13.3 Å². The number of pyridine rings is 1. The average Bonchev–Trinajstić information content (AvgIpc) is 2.53. The van der Waals surface area contributed by atoms with E-state index in [1.54, 1.807) is 25.5 Å². The van der Waals surface area contributed by atoms with Gasteiger partial charge in [-0.15, -0.1) is 0 Å². The van der Waals surface area contributed by atoms with E-state index in [-0.39, 0.29) is 0 Å². The monoisotopic (exact) mass is 316 g/mol. The molecule has 5 heteroatoms. The fourth-order valence-corrected chi connectivity index (χ4v) is 2.79. The minimum Gasteiger partial charge on any atom is -0.265 e. The van der Waals surface area contributed by atoms with Gasteiger partial charge >= 0.3 is 0 Å². The first-order valence-corrected chi connectivity index (χ1v) is 8.58. The predicted octanol–water partition coefficient (Wildman–Crippen LogP) is 2.87. The average molecular weight is 316 g/mol. The summed E-state index contributed by atoms with van der Waals surface area (Å²) in [5, 5.41) is 1.25. The van der Waals surface area contributed by atoms with Gasteiger partial charge in [0, 0.05) is 31.4 Å². The summed E-state index contributed by atoms with van der Waals surface area (Å²) in [4.78, 5) is 3.95. The highest BCUT2D eigenvalue weighted by atomic mass is 32.2. The summed E-state index contributed by atoms with van der Waals surface area (Å²) in [6.07, 6.45) is 5.70. The van der Waals surface area contributed by atoms with Crippen LogP contribution in [0.5, 0.6) is 0 Å². The zero-order valence-corrected chi connectivity index (χ0v) is 13.6. The van der Waals surface area contributed by atoms with Gasteiger partial charge in [-0.3, -0.25) is 4.98 Å². The Hall–Kier alpha value is -1.98. The predicted molar refractivity (Wildman–Crippen MR) is 89.7 cm³/mol. The molecular weight excluding hydrogens is 296 g/mol. The number of hydrogen-bond acceptors (Lipinski definition) is 3. The van der Waals surface area contributed by atoms with Crippen molar-refractivity contribution >= 4 is 16.1 Å². The van der Waals surface area contributed by atoms with Gasteiger partial charge in [0.15, 0.2) is 0 Å². The summed E-state index contributed by atoms with van der Waals surface area (Å²) in [6, 6.07) is 11.5. The second-order valence-electron chi connectivity index (χ2n) is 5.19. The van der Waals surface area contributed by atoms with Gasteiger partial charge in [-0.1, -0.05) is 29.8 Å². The number of sulfonamides is 1. The van der Waals surface area contributed by atoms with Crippen LogP contribution in [-0.4, -0.2) is 31.3 Å². The molecule has 2 rings (SSSR count).